The van der Waals surface area contributed by atoms with Gasteiger partial charge in [-0.05, 0) is 50.4 Å². The second-order valence-electron chi connectivity index (χ2n) is 8.46. The summed E-state index contributed by atoms with van der Waals surface area (Å²) < 4.78 is 11.0. The smallest absolute Gasteiger partial charge is 0.407 e. The zero-order valence-electron chi connectivity index (χ0n) is 18.2. The molecule has 2 bridgehead atoms. The van der Waals surface area contributed by atoms with Crippen molar-refractivity contribution in [3.8, 4) is 0 Å². The van der Waals surface area contributed by atoms with Crippen molar-refractivity contribution in [2.75, 3.05) is 19.7 Å². The summed E-state index contributed by atoms with van der Waals surface area (Å²) in [5.74, 6) is -0.0112. The average molecular weight is 427 g/mol. The fourth-order valence-corrected chi connectivity index (χ4v) is 4.66. The highest BCUT2D eigenvalue weighted by Crippen LogP contribution is 2.46. The lowest BCUT2D eigenvalue weighted by atomic mass is 9.75. The quantitative estimate of drug-likeness (QED) is 0.346. The third kappa shape index (κ3) is 8.50. The third-order valence-corrected chi connectivity index (χ3v) is 6.20. The van der Waals surface area contributed by atoms with Gasteiger partial charge >= 0.3 is 12.1 Å². The highest BCUT2D eigenvalue weighted by atomic mass is 16.6. The lowest BCUT2D eigenvalue weighted by molar-refractivity contribution is -0.137. The van der Waals surface area contributed by atoms with E-state index in [0.717, 1.165) is 64.2 Å². The van der Waals surface area contributed by atoms with E-state index in [0.29, 0.717) is 37.1 Å². The van der Waals surface area contributed by atoms with Crippen molar-refractivity contribution < 1.29 is 29.0 Å². The fraction of sp³-hybridized carbons (Fsp3) is 0.864. The van der Waals surface area contributed by atoms with Crippen molar-refractivity contribution in [1.29, 1.82) is 0 Å². The summed E-state index contributed by atoms with van der Waals surface area (Å²) in [7, 11) is 0. The van der Waals surface area contributed by atoms with E-state index >= 15 is 0 Å². The van der Waals surface area contributed by atoms with Gasteiger partial charge in [0.15, 0.2) is 6.61 Å². The van der Waals surface area contributed by atoms with Crippen LogP contribution in [0.3, 0.4) is 0 Å². The molecule has 0 radical (unpaired) electrons. The number of hydrogen-bond acceptors (Lipinski definition) is 5. The largest absolute Gasteiger partial charge is 0.481 e. The minimum atomic E-state index is -0.721. The molecule has 3 N–H and O–H groups in total. The molecule has 4 atom stereocenters. The van der Waals surface area contributed by atoms with Crippen LogP contribution in [0, 0.1) is 11.8 Å². The van der Waals surface area contributed by atoms with Gasteiger partial charge in [-0.1, -0.05) is 32.6 Å². The minimum absolute atomic E-state index is 0.254. The van der Waals surface area contributed by atoms with E-state index in [1.165, 1.54) is 0 Å². The van der Waals surface area contributed by atoms with Crippen LogP contribution >= 0.6 is 0 Å². The van der Waals surface area contributed by atoms with Gasteiger partial charge in [-0.25, -0.2) is 4.79 Å². The van der Waals surface area contributed by atoms with Crippen LogP contribution in [0.1, 0.15) is 77.6 Å². The summed E-state index contributed by atoms with van der Waals surface area (Å²) in [6, 6.07) is 0. The first-order valence-corrected chi connectivity index (χ1v) is 11.6. The Kier molecular flexibility index (Phi) is 11.0. The van der Waals surface area contributed by atoms with Crippen molar-refractivity contribution in [1.82, 2.24) is 10.6 Å². The Balaban J connectivity index is 1.60. The summed E-state index contributed by atoms with van der Waals surface area (Å²) in [6.45, 7) is 2.90. The lowest BCUT2D eigenvalue weighted by Crippen LogP contribution is -2.35. The van der Waals surface area contributed by atoms with Crippen molar-refractivity contribution in [3.05, 3.63) is 0 Å². The first kappa shape index (κ1) is 24.4. The summed E-state index contributed by atoms with van der Waals surface area (Å²) in [4.78, 5) is 34.0. The first-order chi connectivity index (χ1) is 14.5. The molecule has 2 amide bonds. The Morgan fingerprint density at radius 1 is 0.933 bits per heavy atom. The van der Waals surface area contributed by atoms with E-state index in [2.05, 4.69) is 10.6 Å². The minimum Gasteiger partial charge on any atom is -0.481 e. The molecule has 2 aliphatic rings. The van der Waals surface area contributed by atoms with E-state index in [1.54, 1.807) is 0 Å². The highest BCUT2D eigenvalue weighted by molar-refractivity contribution is 5.79. The zero-order chi connectivity index (χ0) is 21.8. The molecule has 172 valence electrons. The molecule has 30 heavy (non-hydrogen) atoms. The van der Waals surface area contributed by atoms with E-state index in [1.807, 2.05) is 6.92 Å². The molecule has 2 saturated heterocycles. The number of carbonyl (C=O) groups excluding carboxylic acids is 2. The predicted molar refractivity (Wildman–Crippen MR) is 112 cm³/mol. The van der Waals surface area contributed by atoms with Gasteiger partial charge in [-0.15, -0.1) is 0 Å². The zero-order valence-corrected chi connectivity index (χ0v) is 18.2. The number of fused-ring (bicyclic) bond motifs is 2. The maximum Gasteiger partial charge on any atom is 0.407 e. The second kappa shape index (κ2) is 13.5. The highest BCUT2D eigenvalue weighted by Gasteiger charge is 2.47. The summed E-state index contributed by atoms with van der Waals surface area (Å²) in [5.41, 5.74) is 0. The van der Waals surface area contributed by atoms with Crippen LogP contribution in [-0.2, 0) is 19.1 Å². The molecule has 2 rings (SSSR count). The average Bonchev–Trinajstić information content (AvgIpc) is 3.31. The summed E-state index contributed by atoms with van der Waals surface area (Å²) in [5, 5.41) is 14.2. The fourth-order valence-electron chi connectivity index (χ4n) is 4.66. The van der Waals surface area contributed by atoms with E-state index in [-0.39, 0.29) is 18.9 Å². The number of nitrogens with one attached hydrogen (secondary N) is 2. The molecule has 2 aliphatic heterocycles. The van der Waals surface area contributed by atoms with Crippen molar-refractivity contribution in [2.45, 2.75) is 89.8 Å². The molecular formula is C22H38N2O6. The Labute approximate surface area is 179 Å². The Bertz CT molecular complexity index is 556. The van der Waals surface area contributed by atoms with Crippen LogP contribution in [0.25, 0.3) is 0 Å². The van der Waals surface area contributed by atoms with Gasteiger partial charge < -0.3 is 25.2 Å². The summed E-state index contributed by atoms with van der Waals surface area (Å²) in [6.07, 6.45) is 10.3. The number of amides is 2. The molecular weight excluding hydrogens is 388 g/mol. The van der Waals surface area contributed by atoms with Crippen molar-refractivity contribution >= 4 is 18.0 Å². The molecule has 0 aromatic carbocycles. The molecule has 8 nitrogen and oxygen atoms in total. The molecule has 0 unspecified atom stereocenters. The summed E-state index contributed by atoms with van der Waals surface area (Å²) >= 11 is 0. The normalized spacial score (nSPS) is 24.6. The van der Waals surface area contributed by atoms with Gasteiger partial charge in [0.2, 0.25) is 0 Å². The van der Waals surface area contributed by atoms with Crippen LogP contribution in [0.2, 0.25) is 0 Å². The number of rotatable bonds is 15. The molecule has 8 heteroatoms. The number of hydrogen-bond donors (Lipinski definition) is 3. The van der Waals surface area contributed by atoms with Crippen LogP contribution in [0.4, 0.5) is 4.79 Å². The standard InChI is InChI=1S/C22H38N2O6/c1-2-3-13-24-22(28)29-15-20(25)23-14-12-17-16(18-10-11-19(17)30-18)8-6-4-5-7-9-21(26)27/h16-19H,2-15H2,1H3,(H,23,25)(H,24,28)(H,26,27)/t16-,17+,18-,19+/m1/s1. The van der Waals surface area contributed by atoms with Crippen LogP contribution in [0.15, 0.2) is 0 Å². The van der Waals surface area contributed by atoms with Gasteiger partial charge in [0.25, 0.3) is 5.91 Å². The van der Waals surface area contributed by atoms with Gasteiger partial charge in [0.1, 0.15) is 0 Å². The van der Waals surface area contributed by atoms with Crippen LogP contribution < -0.4 is 10.6 Å². The number of unbranched alkanes of at least 4 members (excludes halogenated alkanes) is 4. The van der Waals surface area contributed by atoms with Gasteiger partial charge in [-0.2, -0.15) is 0 Å². The third-order valence-electron chi connectivity index (χ3n) is 6.20. The molecule has 0 saturated carbocycles. The van der Waals surface area contributed by atoms with E-state index in [4.69, 9.17) is 14.6 Å². The molecule has 0 spiro atoms. The van der Waals surface area contributed by atoms with Gasteiger partial charge in [0, 0.05) is 19.5 Å². The Morgan fingerprint density at radius 2 is 1.63 bits per heavy atom. The number of aliphatic carboxylic acids is 1. The predicted octanol–water partition coefficient (Wildman–Crippen LogP) is 3.24. The van der Waals surface area contributed by atoms with Gasteiger partial charge in [-0.3, -0.25) is 9.59 Å². The number of carbonyl (C=O) groups is 3. The van der Waals surface area contributed by atoms with Crippen molar-refractivity contribution in [3.63, 3.8) is 0 Å². The van der Waals surface area contributed by atoms with Crippen LogP contribution in [0.5, 0.6) is 0 Å². The number of carboxylic acid groups (broad SMARTS) is 1. The molecule has 2 fully saturated rings. The number of alkyl carbamates (subject to hydrolysis) is 1. The number of carboxylic acids is 1. The lowest BCUT2D eigenvalue weighted by Gasteiger charge is -2.28. The first-order valence-electron chi connectivity index (χ1n) is 11.6. The van der Waals surface area contributed by atoms with E-state index < -0.39 is 12.1 Å². The molecule has 0 aliphatic carbocycles. The topological polar surface area (TPSA) is 114 Å². The molecule has 0 aromatic heterocycles. The van der Waals surface area contributed by atoms with Crippen LogP contribution in [-0.4, -0.2) is 55.0 Å². The maximum atomic E-state index is 11.9. The second-order valence-corrected chi connectivity index (χ2v) is 8.46. The Morgan fingerprint density at radius 3 is 2.33 bits per heavy atom. The van der Waals surface area contributed by atoms with Gasteiger partial charge in [0.05, 0.1) is 12.2 Å². The van der Waals surface area contributed by atoms with E-state index in [9.17, 15) is 14.4 Å². The van der Waals surface area contributed by atoms with Crippen molar-refractivity contribution in [2.24, 2.45) is 11.8 Å². The maximum absolute atomic E-state index is 11.9. The monoisotopic (exact) mass is 426 g/mol. The molecule has 2 heterocycles. The Hall–Kier alpha value is -1.83. The number of ether oxygens (including phenoxy) is 2. The SMILES string of the molecule is CCCCNC(=O)OCC(=O)NCC[C@H]1[C@@H](CCCCCCC(=O)O)[C@H]2CC[C@@H]1O2. The molecule has 0 aromatic rings.